The average molecular weight is 1330 g/mol. The number of amides is 5. The van der Waals surface area contributed by atoms with Crippen molar-refractivity contribution in [3.8, 4) is 12.3 Å². The maximum atomic E-state index is 13.4. The highest BCUT2D eigenvalue weighted by molar-refractivity contribution is 8.76. The third kappa shape index (κ3) is 22.2. The third-order valence-electron chi connectivity index (χ3n) is 16.5. The van der Waals surface area contributed by atoms with Crippen LogP contribution in [-0.4, -0.2) is 125 Å². The number of fused-ring (bicyclic) bond motifs is 2. The summed E-state index contributed by atoms with van der Waals surface area (Å²) in [5, 5.41) is 26.8. The van der Waals surface area contributed by atoms with E-state index < -0.39 is 20.2 Å². The number of nitrogens with one attached hydrogen (secondary N) is 6. The van der Waals surface area contributed by atoms with E-state index in [9.17, 15) is 24.0 Å². The van der Waals surface area contributed by atoms with Gasteiger partial charge in [0.05, 0.1) is 42.0 Å². The molecule has 0 bridgehead atoms. The number of para-hydroxylation sites is 2. The molecule has 0 saturated carbocycles. The first-order valence-corrected chi connectivity index (χ1v) is 36.5. The van der Waals surface area contributed by atoms with Crippen molar-refractivity contribution < 1.29 is 49.8 Å². The molecule has 17 nitrogen and oxygen atoms in total. The summed E-state index contributed by atoms with van der Waals surface area (Å²) in [6.07, 6.45) is 17.0. The first-order chi connectivity index (χ1) is 43.4. The van der Waals surface area contributed by atoms with Gasteiger partial charge in [-0.05, 0) is 137 Å². The first kappa shape index (κ1) is 76.0. The lowest BCUT2D eigenvalue weighted by atomic mass is 9.81. The summed E-state index contributed by atoms with van der Waals surface area (Å²) in [7, 11) is 4.07. The normalized spacial score (nSPS) is 14.8. The number of unbranched alkanes of at least 4 members (excludes halogenated alkanes) is 3. The fraction of sp³-hybridized carbons (Fsp3) is 0.493. The molecule has 4 aromatic rings. The fourth-order valence-electron chi connectivity index (χ4n) is 11.5. The number of azo groups is 1. The lowest BCUT2D eigenvalue weighted by Gasteiger charge is -2.43. The van der Waals surface area contributed by atoms with Crippen molar-refractivity contribution in [1.82, 2.24) is 26.6 Å². The van der Waals surface area contributed by atoms with E-state index in [0.29, 0.717) is 74.7 Å². The van der Waals surface area contributed by atoms with Gasteiger partial charge in [-0.25, -0.2) is 0 Å². The van der Waals surface area contributed by atoms with E-state index in [-0.39, 0.29) is 83.2 Å². The van der Waals surface area contributed by atoms with Crippen molar-refractivity contribution in [1.29, 1.82) is 0 Å². The molecule has 0 radical (unpaired) electrons. The number of carbonyl (C=O) groups excluding carboxylic acids is 5. The van der Waals surface area contributed by atoms with Crippen LogP contribution in [0, 0.1) is 12.3 Å². The summed E-state index contributed by atoms with van der Waals surface area (Å²) in [6, 6.07) is 31.1. The Balaban J connectivity index is 0.0000154. The standard InChI is InChI=1S/C71H98N10O7S2Si.ClH/c1-14-42-74-68(86)60(77-65(83)41-48-89-90-49-45-75-67(85)53-33-35-54(36-34-53)78-79-55-37-39-56(40-38-55)80(12)13)28-21-22-43-72-66(84)50-69(6,7)88-91(51(2)3,52(4)5)87-47-44-73-64(82)32-16-15-23-46-81-61-29-20-18-26-58(61)71(10,11)63(81)31-24-30-62-70(8,9)57-25-17-19-27-59(57)76-62;/h1,17-20,24-27,29-31,33-40,51-52,60H,15-16,21-23,28,32,41-50H2,2-13H3,(H5,72,73,74,75,77,82,83,84,85,86);1H. The topological polar surface area (TPSA) is 207 Å². The molecule has 0 aromatic heterocycles. The zero-order valence-corrected chi connectivity index (χ0v) is 59.5. The minimum absolute atomic E-state index is 0. The number of halogens is 1. The molecule has 92 heavy (non-hydrogen) atoms. The van der Waals surface area contributed by atoms with Crippen LogP contribution in [0.25, 0.3) is 0 Å². The van der Waals surface area contributed by atoms with Gasteiger partial charge in [0, 0.05) is 110 Å². The number of nitrogens with zero attached hydrogens (tertiary/aromatic N) is 4. The molecule has 498 valence electrons. The van der Waals surface area contributed by atoms with Gasteiger partial charge in [0.15, 0.2) is 5.71 Å². The van der Waals surface area contributed by atoms with Crippen LogP contribution in [0.4, 0.5) is 28.4 Å². The maximum Gasteiger partial charge on any atom is 0.343 e. The van der Waals surface area contributed by atoms with Crippen LogP contribution in [-0.2, 0) is 38.9 Å². The summed E-state index contributed by atoms with van der Waals surface area (Å²) >= 11 is 0. The number of carbonyl (C=O) groups is 5. The van der Waals surface area contributed by atoms with Gasteiger partial charge in [0.25, 0.3) is 5.91 Å². The van der Waals surface area contributed by atoms with Crippen LogP contribution >= 0.6 is 21.6 Å². The second-order valence-electron chi connectivity index (χ2n) is 25.7. The predicted octanol–water partition coefficient (Wildman–Crippen LogP) is 10.3. The highest BCUT2D eigenvalue weighted by Crippen LogP contribution is 2.44. The second kappa shape index (κ2) is 36.6. The van der Waals surface area contributed by atoms with E-state index in [1.54, 1.807) is 35.1 Å². The summed E-state index contributed by atoms with van der Waals surface area (Å²) < 4.78 is 16.1. The van der Waals surface area contributed by atoms with Crippen molar-refractivity contribution in [2.45, 2.75) is 161 Å². The molecule has 0 fully saturated rings. The van der Waals surface area contributed by atoms with Crippen LogP contribution in [0.3, 0.4) is 0 Å². The van der Waals surface area contributed by atoms with Gasteiger partial charge in [0.1, 0.15) is 12.6 Å². The summed E-state index contributed by atoms with van der Waals surface area (Å²) in [5.41, 5.74) is 9.43. The lowest BCUT2D eigenvalue weighted by Crippen LogP contribution is -3.00. The molecule has 6 N–H and O–H groups in total. The molecule has 4 aromatic carbocycles. The minimum atomic E-state index is -2.94. The van der Waals surface area contributed by atoms with Crippen molar-refractivity contribution >= 4 is 93.8 Å². The Labute approximate surface area is 562 Å². The highest BCUT2D eigenvalue weighted by atomic mass is 35.5. The molecule has 1 atom stereocenters. The number of rotatable bonds is 37. The molecule has 1 unspecified atom stereocenters. The van der Waals surface area contributed by atoms with Crippen molar-refractivity contribution in [3.05, 3.63) is 138 Å². The quantitative estimate of drug-likeness (QED) is 0.00626. The van der Waals surface area contributed by atoms with Crippen molar-refractivity contribution in [3.63, 3.8) is 0 Å². The fourth-order valence-corrected chi connectivity index (χ4v) is 17.3. The molecule has 2 heterocycles. The van der Waals surface area contributed by atoms with E-state index >= 15 is 0 Å². The number of anilines is 2. The Hall–Kier alpha value is -6.73. The van der Waals surface area contributed by atoms with Crippen LogP contribution in [0.5, 0.6) is 0 Å². The highest BCUT2D eigenvalue weighted by Gasteiger charge is 2.49. The van der Waals surface area contributed by atoms with Crippen molar-refractivity contribution in [2.24, 2.45) is 10.2 Å². The zero-order valence-electron chi connectivity index (χ0n) is 56.1. The molecule has 21 heteroatoms. The van der Waals surface area contributed by atoms with Gasteiger partial charge in [-0.3, -0.25) is 24.0 Å². The molecule has 2 aliphatic heterocycles. The van der Waals surface area contributed by atoms with Crippen LogP contribution in [0.1, 0.15) is 149 Å². The summed E-state index contributed by atoms with van der Waals surface area (Å²) in [4.78, 5) is 67.4. The molecule has 2 aliphatic rings. The van der Waals surface area contributed by atoms with Gasteiger partial charge in [-0.2, -0.15) is 14.8 Å². The van der Waals surface area contributed by atoms with Crippen LogP contribution in [0.15, 0.2) is 131 Å². The Morgan fingerprint density at radius 3 is 2.03 bits per heavy atom. The van der Waals surface area contributed by atoms with E-state index in [1.165, 1.54) is 39.0 Å². The monoisotopic (exact) mass is 1330 g/mol. The minimum Gasteiger partial charge on any atom is -1.00 e. The number of hydrogen-bond acceptors (Lipinski definition) is 13. The number of allylic oxidation sites excluding steroid dienone is 4. The molecule has 0 spiro atoms. The number of benzene rings is 4. The Morgan fingerprint density at radius 1 is 0.728 bits per heavy atom. The zero-order chi connectivity index (χ0) is 66.2. The van der Waals surface area contributed by atoms with Gasteiger partial charge in [0.2, 0.25) is 29.3 Å². The molecule has 0 aliphatic carbocycles. The predicted molar refractivity (Wildman–Crippen MR) is 377 cm³/mol. The summed E-state index contributed by atoms with van der Waals surface area (Å²) in [6.45, 7) is 23.7. The summed E-state index contributed by atoms with van der Waals surface area (Å²) in [5.74, 6) is 2.57. The Morgan fingerprint density at radius 2 is 1.37 bits per heavy atom. The van der Waals surface area contributed by atoms with E-state index in [2.05, 4.69) is 175 Å². The SMILES string of the molecule is C#CCNC(=O)C(CCCCNC(=O)CC(C)(C)O[Si](OCCNC(=O)CCCCC[N+]1=C(/C=C/C=C2\Nc3ccccc3C2(C)C)C(C)(C)c2ccccc21)(C(C)C)C(C)C)NC(=O)CCSSCCNC(=O)c1ccc(N=Nc2ccc(N(C)C)cc2)cc1.[Cl-]. The maximum absolute atomic E-state index is 13.4. The largest absolute Gasteiger partial charge is 1.00 e. The number of hydrogen-bond donors (Lipinski definition) is 6. The smallest absolute Gasteiger partial charge is 0.343 e. The van der Waals surface area contributed by atoms with E-state index in [4.69, 9.17) is 15.3 Å². The third-order valence-corrected chi connectivity index (χ3v) is 23.7. The van der Waals surface area contributed by atoms with Gasteiger partial charge in [-0.1, -0.05) is 112 Å². The molecular weight excluding hydrogens is 1230 g/mol. The molecule has 6 rings (SSSR count). The molecular formula is C71H99ClN10O7S2Si. The lowest BCUT2D eigenvalue weighted by molar-refractivity contribution is -0.438. The number of terminal acetylenes is 1. The van der Waals surface area contributed by atoms with Crippen molar-refractivity contribution in [2.75, 3.05) is 75.1 Å². The average Bonchev–Trinajstić information content (AvgIpc) is 1.60. The van der Waals surface area contributed by atoms with E-state index in [1.807, 2.05) is 57.1 Å². The Bertz CT molecular complexity index is 3260. The van der Waals surface area contributed by atoms with Crippen LogP contribution in [0.2, 0.25) is 11.1 Å². The van der Waals surface area contributed by atoms with E-state index in [0.717, 1.165) is 42.9 Å². The molecule has 5 amide bonds. The van der Waals surface area contributed by atoms with Gasteiger partial charge >= 0.3 is 8.56 Å². The Kier molecular flexibility index (Phi) is 30.3. The second-order valence-corrected chi connectivity index (χ2v) is 32.6. The molecule has 0 saturated heterocycles. The van der Waals surface area contributed by atoms with Gasteiger partial charge in [-0.15, -0.1) is 6.42 Å². The van der Waals surface area contributed by atoms with Crippen LogP contribution < -0.4 is 49.2 Å². The first-order valence-electron chi connectivity index (χ1n) is 32.1. The van der Waals surface area contributed by atoms with Gasteiger partial charge < -0.3 is 58.1 Å².